The largest absolute Gasteiger partial charge is 0.493 e. The van der Waals surface area contributed by atoms with Crippen LogP contribution in [0.5, 0.6) is 5.75 Å². The van der Waals surface area contributed by atoms with E-state index in [-0.39, 0.29) is 12.1 Å². The summed E-state index contributed by atoms with van der Waals surface area (Å²) in [5.74, 6) is -0.527. The van der Waals surface area contributed by atoms with Crippen molar-refractivity contribution in [3.05, 3.63) is 29.6 Å². The average Bonchev–Trinajstić information content (AvgIpc) is 2.34. The molecule has 0 heterocycles. The number of benzene rings is 1. The van der Waals surface area contributed by atoms with E-state index in [2.05, 4.69) is 6.92 Å². The van der Waals surface area contributed by atoms with E-state index in [0.717, 1.165) is 19.3 Å². The van der Waals surface area contributed by atoms with E-state index in [1.54, 1.807) is 6.07 Å². The number of carbonyl (C=O) groups excluding carboxylic acids is 1. The molecule has 1 aromatic rings. The summed E-state index contributed by atoms with van der Waals surface area (Å²) >= 11 is 0. The molecule has 94 valence electrons. The normalized spacial score (nSPS) is 10.3. The Kier molecular flexibility index (Phi) is 5.63. The lowest BCUT2D eigenvalue weighted by Crippen LogP contribution is -2.15. The molecule has 0 saturated carbocycles. The summed E-state index contributed by atoms with van der Waals surface area (Å²) in [6.07, 6.45) is 3.15. The molecular weight excluding hydrogens is 221 g/mol. The summed E-state index contributed by atoms with van der Waals surface area (Å²) in [4.78, 5) is 11.2. The molecule has 0 radical (unpaired) electrons. The Balaban J connectivity index is 2.59. The average molecular weight is 239 g/mol. The van der Waals surface area contributed by atoms with E-state index in [0.29, 0.717) is 12.4 Å². The lowest BCUT2D eigenvalue weighted by Gasteiger charge is -2.07. The maximum Gasteiger partial charge on any atom is 0.179 e. The second-order valence-corrected chi connectivity index (χ2v) is 3.82. The van der Waals surface area contributed by atoms with Crippen molar-refractivity contribution in [3.8, 4) is 5.75 Å². The third kappa shape index (κ3) is 4.15. The van der Waals surface area contributed by atoms with Crippen LogP contribution in [0.15, 0.2) is 18.2 Å². The molecule has 0 atom stereocenters. The fraction of sp³-hybridized carbons (Fsp3) is 0.462. The summed E-state index contributed by atoms with van der Waals surface area (Å²) in [6, 6.07) is 4.24. The first kappa shape index (κ1) is 13.6. The fourth-order valence-electron chi connectivity index (χ4n) is 1.46. The van der Waals surface area contributed by atoms with Crippen molar-refractivity contribution in [3.63, 3.8) is 0 Å². The minimum atomic E-state index is -0.576. The summed E-state index contributed by atoms with van der Waals surface area (Å²) in [6.45, 7) is 2.48. The molecule has 0 aliphatic carbocycles. The van der Waals surface area contributed by atoms with E-state index >= 15 is 0 Å². The van der Waals surface area contributed by atoms with E-state index < -0.39 is 11.6 Å². The van der Waals surface area contributed by atoms with Gasteiger partial charge in [0.1, 0.15) is 11.6 Å². The molecule has 17 heavy (non-hydrogen) atoms. The molecule has 0 amide bonds. The van der Waals surface area contributed by atoms with Crippen LogP contribution >= 0.6 is 0 Å². The van der Waals surface area contributed by atoms with Crippen LogP contribution in [0.4, 0.5) is 4.39 Å². The first-order valence-corrected chi connectivity index (χ1v) is 5.84. The molecule has 0 spiro atoms. The minimum Gasteiger partial charge on any atom is -0.493 e. The Morgan fingerprint density at radius 1 is 1.41 bits per heavy atom. The second-order valence-electron chi connectivity index (χ2n) is 3.82. The molecule has 0 unspecified atom stereocenters. The predicted octanol–water partition coefficient (Wildman–Crippen LogP) is 2.54. The third-order valence-corrected chi connectivity index (χ3v) is 2.44. The topological polar surface area (TPSA) is 52.3 Å². The van der Waals surface area contributed by atoms with E-state index in [1.165, 1.54) is 12.1 Å². The van der Waals surface area contributed by atoms with Crippen molar-refractivity contribution in [2.45, 2.75) is 26.2 Å². The molecule has 0 fully saturated rings. The van der Waals surface area contributed by atoms with Crippen LogP contribution in [0, 0.1) is 5.82 Å². The zero-order valence-electron chi connectivity index (χ0n) is 10.0. The van der Waals surface area contributed by atoms with Crippen molar-refractivity contribution in [2.75, 3.05) is 13.2 Å². The lowest BCUT2D eigenvalue weighted by molar-refractivity contribution is 0.0997. The van der Waals surface area contributed by atoms with Gasteiger partial charge in [0, 0.05) is 6.07 Å². The summed E-state index contributed by atoms with van der Waals surface area (Å²) < 4.78 is 18.9. The lowest BCUT2D eigenvalue weighted by atomic mass is 10.1. The van der Waals surface area contributed by atoms with Crippen molar-refractivity contribution >= 4 is 5.78 Å². The fourth-order valence-corrected chi connectivity index (χ4v) is 1.46. The van der Waals surface area contributed by atoms with Crippen molar-refractivity contribution in [1.82, 2.24) is 0 Å². The molecule has 0 aliphatic heterocycles. The third-order valence-electron chi connectivity index (χ3n) is 2.44. The molecule has 0 aromatic heterocycles. The van der Waals surface area contributed by atoms with Crippen LogP contribution in [0.2, 0.25) is 0 Å². The van der Waals surface area contributed by atoms with E-state index in [1.807, 2.05) is 0 Å². The number of carbonyl (C=O) groups is 1. The first-order chi connectivity index (χ1) is 8.19. The molecular formula is C13H18FNO2. The van der Waals surface area contributed by atoms with Gasteiger partial charge in [-0.05, 0) is 18.6 Å². The number of unbranched alkanes of at least 4 members (excludes halogenated alkanes) is 2. The van der Waals surface area contributed by atoms with Crippen LogP contribution < -0.4 is 10.5 Å². The van der Waals surface area contributed by atoms with Crippen LogP contribution in [-0.2, 0) is 0 Å². The van der Waals surface area contributed by atoms with Gasteiger partial charge >= 0.3 is 0 Å². The second kappa shape index (κ2) is 7.01. The smallest absolute Gasteiger partial charge is 0.179 e. The van der Waals surface area contributed by atoms with Gasteiger partial charge in [0.25, 0.3) is 0 Å². The highest BCUT2D eigenvalue weighted by molar-refractivity contribution is 5.97. The Labute approximate surface area is 101 Å². The van der Waals surface area contributed by atoms with Gasteiger partial charge in [-0.1, -0.05) is 19.8 Å². The van der Waals surface area contributed by atoms with Gasteiger partial charge in [-0.25, -0.2) is 4.39 Å². The number of hydrogen-bond acceptors (Lipinski definition) is 3. The maximum atomic E-state index is 13.5. The van der Waals surface area contributed by atoms with Gasteiger partial charge in [-0.15, -0.1) is 0 Å². The Morgan fingerprint density at radius 2 is 2.18 bits per heavy atom. The summed E-state index contributed by atoms with van der Waals surface area (Å²) in [5.41, 5.74) is 5.20. The molecule has 0 saturated heterocycles. The SMILES string of the molecule is CCCCCOc1ccc(C(=O)CN)c(F)c1. The molecule has 0 bridgehead atoms. The minimum absolute atomic E-state index is 0.0217. The quantitative estimate of drug-likeness (QED) is 0.587. The molecule has 4 heteroatoms. The number of ketones is 1. The van der Waals surface area contributed by atoms with Crippen LogP contribution in [0.3, 0.4) is 0 Å². The zero-order valence-corrected chi connectivity index (χ0v) is 10.0. The molecule has 0 aliphatic rings. The monoisotopic (exact) mass is 239 g/mol. The number of hydrogen-bond donors (Lipinski definition) is 1. The number of halogens is 1. The van der Waals surface area contributed by atoms with Crippen LogP contribution in [-0.4, -0.2) is 18.9 Å². The zero-order chi connectivity index (χ0) is 12.7. The first-order valence-electron chi connectivity index (χ1n) is 5.84. The highest BCUT2D eigenvalue weighted by Crippen LogP contribution is 2.17. The van der Waals surface area contributed by atoms with Gasteiger partial charge in [0.15, 0.2) is 5.78 Å². The van der Waals surface area contributed by atoms with Gasteiger partial charge in [-0.2, -0.15) is 0 Å². The van der Waals surface area contributed by atoms with Gasteiger partial charge < -0.3 is 10.5 Å². The molecule has 1 aromatic carbocycles. The molecule has 2 N–H and O–H groups in total. The number of ether oxygens (including phenoxy) is 1. The van der Waals surface area contributed by atoms with Gasteiger partial charge in [0.05, 0.1) is 18.7 Å². The van der Waals surface area contributed by atoms with E-state index in [4.69, 9.17) is 10.5 Å². The standard InChI is InChI=1S/C13H18FNO2/c1-2-3-4-7-17-10-5-6-11(12(14)8-10)13(16)9-15/h5-6,8H,2-4,7,9,15H2,1H3. The van der Waals surface area contributed by atoms with Gasteiger partial charge in [0.2, 0.25) is 0 Å². The predicted molar refractivity (Wildman–Crippen MR) is 64.8 cm³/mol. The van der Waals surface area contributed by atoms with Crippen LogP contribution in [0.25, 0.3) is 0 Å². The summed E-state index contributed by atoms with van der Waals surface area (Å²) in [5, 5.41) is 0. The van der Waals surface area contributed by atoms with E-state index in [9.17, 15) is 9.18 Å². The Hall–Kier alpha value is -1.42. The number of rotatable bonds is 7. The number of nitrogens with two attached hydrogens (primary N) is 1. The molecule has 1 rings (SSSR count). The van der Waals surface area contributed by atoms with Crippen molar-refractivity contribution < 1.29 is 13.9 Å². The highest BCUT2D eigenvalue weighted by atomic mass is 19.1. The number of Topliss-reactive ketones (excluding diaryl/α,β-unsaturated/α-hetero) is 1. The Morgan fingerprint density at radius 3 is 2.76 bits per heavy atom. The summed E-state index contributed by atoms with van der Waals surface area (Å²) in [7, 11) is 0. The van der Waals surface area contributed by atoms with Crippen molar-refractivity contribution in [1.29, 1.82) is 0 Å². The van der Waals surface area contributed by atoms with Crippen LogP contribution in [0.1, 0.15) is 36.5 Å². The Bertz CT molecular complexity index is 380. The molecule has 3 nitrogen and oxygen atoms in total. The van der Waals surface area contributed by atoms with Crippen molar-refractivity contribution in [2.24, 2.45) is 5.73 Å². The van der Waals surface area contributed by atoms with Gasteiger partial charge in [-0.3, -0.25) is 4.79 Å². The highest BCUT2D eigenvalue weighted by Gasteiger charge is 2.10. The maximum absolute atomic E-state index is 13.5.